The van der Waals surface area contributed by atoms with Crippen molar-refractivity contribution in [1.29, 1.82) is 5.26 Å². The number of fused-ring (bicyclic) bond motifs is 1. The van der Waals surface area contributed by atoms with Gasteiger partial charge in [-0.2, -0.15) is 10.2 Å². The third-order valence-corrected chi connectivity index (χ3v) is 7.46. The van der Waals surface area contributed by atoms with Crippen molar-refractivity contribution >= 4 is 23.1 Å². The number of aromatic nitrogens is 2. The first-order valence-electron chi connectivity index (χ1n) is 12.5. The summed E-state index contributed by atoms with van der Waals surface area (Å²) in [7, 11) is 4.05. The van der Waals surface area contributed by atoms with Gasteiger partial charge in [0.05, 0.1) is 23.5 Å². The molecule has 3 aliphatic rings. The van der Waals surface area contributed by atoms with Crippen LogP contribution in [-0.4, -0.2) is 54.6 Å². The maximum Gasteiger partial charge on any atom is 0.229 e. The molecule has 7 heteroatoms. The molecule has 3 fully saturated rings. The topological polar surface area (TPSA) is 80.1 Å². The third kappa shape index (κ3) is 4.91. The summed E-state index contributed by atoms with van der Waals surface area (Å²) in [6.07, 6.45) is 10.8. The van der Waals surface area contributed by atoms with Gasteiger partial charge in [-0.1, -0.05) is 12.5 Å². The lowest BCUT2D eigenvalue weighted by atomic mass is 9.83. The van der Waals surface area contributed by atoms with E-state index in [-0.39, 0.29) is 0 Å². The molecule has 174 valence electrons. The van der Waals surface area contributed by atoms with Gasteiger partial charge in [-0.25, -0.2) is 4.98 Å². The number of anilines is 4. The molecule has 0 radical (unpaired) electrons. The van der Waals surface area contributed by atoms with Gasteiger partial charge in [0.1, 0.15) is 0 Å². The van der Waals surface area contributed by atoms with Crippen LogP contribution in [0.1, 0.15) is 62.0 Å². The summed E-state index contributed by atoms with van der Waals surface area (Å²) in [5.41, 5.74) is 3.75. The van der Waals surface area contributed by atoms with Crippen LogP contribution in [0.15, 0.2) is 24.4 Å². The van der Waals surface area contributed by atoms with Crippen LogP contribution >= 0.6 is 0 Å². The van der Waals surface area contributed by atoms with Gasteiger partial charge in [0.2, 0.25) is 5.95 Å². The molecule has 2 aliphatic heterocycles. The van der Waals surface area contributed by atoms with Crippen molar-refractivity contribution in [3.8, 4) is 6.07 Å². The minimum atomic E-state index is 0.550. The second-order valence-electron chi connectivity index (χ2n) is 10.0. The molecule has 1 aliphatic carbocycles. The van der Waals surface area contributed by atoms with E-state index in [4.69, 9.17) is 4.98 Å². The number of nitriles is 1. The van der Waals surface area contributed by atoms with Gasteiger partial charge in [-0.15, -0.1) is 0 Å². The molecule has 3 heterocycles. The molecular formula is C26H35N7. The number of nitrogens with zero attached hydrogens (tertiary/aromatic N) is 5. The van der Waals surface area contributed by atoms with Crippen LogP contribution in [0, 0.1) is 17.2 Å². The molecule has 2 atom stereocenters. The molecule has 0 bridgehead atoms. The number of rotatable bonds is 7. The Morgan fingerprint density at radius 1 is 1.12 bits per heavy atom. The molecule has 5 rings (SSSR count). The Balaban J connectivity index is 1.31. The molecule has 1 saturated carbocycles. The van der Waals surface area contributed by atoms with E-state index in [1.54, 1.807) is 0 Å². The van der Waals surface area contributed by atoms with E-state index in [2.05, 4.69) is 37.6 Å². The molecule has 1 aromatic heterocycles. The molecule has 1 aromatic carbocycles. The number of piperidine rings is 2. The predicted octanol–water partition coefficient (Wildman–Crippen LogP) is 4.71. The lowest BCUT2D eigenvalue weighted by Crippen LogP contribution is -2.49. The molecule has 33 heavy (non-hydrogen) atoms. The quantitative estimate of drug-likeness (QED) is 0.639. The maximum absolute atomic E-state index is 9.58. The van der Waals surface area contributed by atoms with E-state index in [0.29, 0.717) is 23.8 Å². The summed E-state index contributed by atoms with van der Waals surface area (Å²) in [4.78, 5) is 14.1. The molecule has 1 unspecified atom stereocenters. The standard InChI is InChI=1S/C26H35N7/c1-32(2)24-17-29-26(30-21-10-11-22(18-8-9-18)20(14-21)15-27)31-25(24)28-16-19-6-5-13-33-12-4-3-7-23(19)33/h10-11,14,17-19,23H,3-9,12-13,16H2,1-2H3,(H2,28,29,30,31)/t19-,23?/m0/s1. The van der Waals surface area contributed by atoms with E-state index in [1.807, 2.05) is 32.4 Å². The van der Waals surface area contributed by atoms with Gasteiger partial charge in [0.25, 0.3) is 0 Å². The van der Waals surface area contributed by atoms with Gasteiger partial charge in [-0.05, 0) is 81.1 Å². The summed E-state index contributed by atoms with van der Waals surface area (Å²) in [6, 6.07) is 9.09. The average molecular weight is 446 g/mol. The fourth-order valence-electron chi connectivity index (χ4n) is 5.55. The van der Waals surface area contributed by atoms with Gasteiger partial charge in [0.15, 0.2) is 5.82 Å². The number of benzene rings is 1. The van der Waals surface area contributed by atoms with E-state index in [1.165, 1.54) is 63.6 Å². The number of hydrogen-bond acceptors (Lipinski definition) is 7. The normalized spacial score (nSPS) is 22.8. The van der Waals surface area contributed by atoms with Crippen LogP contribution in [0.3, 0.4) is 0 Å². The van der Waals surface area contributed by atoms with E-state index in [9.17, 15) is 5.26 Å². The number of hydrogen-bond donors (Lipinski definition) is 2. The summed E-state index contributed by atoms with van der Waals surface area (Å²) in [5, 5.41) is 16.6. The largest absolute Gasteiger partial charge is 0.373 e. The summed E-state index contributed by atoms with van der Waals surface area (Å²) < 4.78 is 0. The molecule has 2 saturated heterocycles. The van der Waals surface area contributed by atoms with Gasteiger partial charge >= 0.3 is 0 Å². The highest BCUT2D eigenvalue weighted by molar-refractivity contribution is 5.67. The van der Waals surface area contributed by atoms with Crippen molar-refractivity contribution in [2.24, 2.45) is 5.92 Å². The van der Waals surface area contributed by atoms with Crippen molar-refractivity contribution in [2.45, 2.75) is 56.9 Å². The van der Waals surface area contributed by atoms with Crippen LogP contribution in [0.2, 0.25) is 0 Å². The zero-order valence-electron chi connectivity index (χ0n) is 19.8. The van der Waals surface area contributed by atoms with Crippen molar-refractivity contribution in [3.63, 3.8) is 0 Å². The summed E-state index contributed by atoms with van der Waals surface area (Å²) >= 11 is 0. The first kappa shape index (κ1) is 22.0. The van der Waals surface area contributed by atoms with Gasteiger partial charge < -0.3 is 20.4 Å². The number of nitrogens with one attached hydrogen (secondary N) is 2. The Morgan fingerprint density at radius 2 is 1.97 bits per heavy atom. The Bertz CT molecular complexity index is 1020. The molecule has 2 N–H and O–H groups in total. The second kappa shape index (κ2) is 9.56. The smallest absolute Gasteiger partial charge is 0.229 e. The van der Waals surface area contributed by atoms with Crippen LogP contribution in [-0.2, 0) is 0 Å². The lowest BCUT2D eigenvalue weighted by Gasteiger charge is -2.44. The Morgan fingerprint density at radius 3 is 2.76 bits per heavy atom. The monoisotopic (exact) mass is 445 g/mol. The zero-order chi connectivity index (χ0) is 22.8. The first-order valence-corrected chi connectivity index (χ1v) is 12.5. The minimum Gasteiger partial charge on any atom is -0.373 e. The lowest BCUT2D eigenvalue weighted by molar-refractivity contribution is 0.0649. The van der Waals surface area contributed by atoms with Gasteiger partial charge in [0, 0.05) is 32.4 Å². The zero-order valence-corrected chi connectivity index (χ0v) is 19.8. The highest BCUT2D eigenvalue weighted by Gasteiger charge is 2.33. The van der Waals surface area contributed by atoms with Crippen molar-refractivity contribution in [1.82, 2.24) is 14.9 Å². The molecule has 0 spiro atoms. The van der Waals surface area contributed by atoms with Crippen LogP contribution in [0.4, 0.5) is 23.1 Å². The molecule has 2 aromatic rings. The molecule has 7 nitrogen and oxygen atoms in total. The predicted molar refractivity (Wildman–Crippen MR) is 133 cm³/mol. The van der Waals surface area contributed by atoms with Crippen LogP contribution < -0.4 is 15.5 Å². The highest BCUT2D eigenvalue weighted by Crippen LogP contribution is 2.42. The maximum atomic E-state index is 9.58. The minimum absolute atomic E-state index is 0.550. The second-order valence-corrected chi connectivity index (χ2v) is 10.0. The van der Waals surface area contributed by atoms with E-state index < -0.39 is 0 Å². The fraction of sp³-hybridized carbons (Fsp3) is 0.577. The van der Waals surface area contributed by atoms with Crippen LogP contribution in [0.5, 0.6) is 0 Å². The van der Waals surface area contributed by atoms with E-state index in [0.717, 1.165) is 29.3 Å². The van der Waals surface area contributed by atoms with Crippen molar-refractivity contribution < 1.29 is 0 Å². The molecular weight excluding hydrogens is 410 g/mol. The Labute approximate surface area is 197 Å². The summed E-state index contributed by atoms with van der Waals surface area (Å²) in [5.74, 6) is 2.63. The van der Waals surface area contributed by atoms with Gasteiger partial charge in [-0.3, -0.25) is 0 Å². The van der Waals surface area contributed by atoms with Crippen LogP contribution in [0.25, 0.3) is 0 Å². The average Bonchev–Trinajstić information content (AvgIpc) is 3.68. The fourth-order valence-corrected chi connectivity index (χ4v) is 5.55. The Kier molecular flexibility index (Phi) is 6.37. The first-order chi connectivity index (χ1) is 16.1. The SMILES string of the molecule is CN(C)c1cnc(Nc2ccc(C3CC3)c(C#N)c2)nc1NC[C@@H]1CCCN2CCCCC12. The van der Waals surface area contributed by atoms with Crippen molar-refractivity contribution in [3.05, 3.63) is 35.5 Å². The Hall–Kier alpha value is -2.85. The third-order valence-electron chi connectivity index (χ3n) is 7.46. The summed E-state index contributed by atoms with van der Waals surface area (Å²) in [6.45, 7) is 3.46. The van der Waals surface area contributed by atoms with Crippen molar-refractivity contribution in [2.75, 3.05) is 49.3 Å². The highest BCUT2D eigenvalue weighted by atomic mass is 15.2. The molecule has 0 amide bonds. The van der Waals surface area contributed by atoms with E-state index >= 15 is 0 Å².